The maximum atomic E-state index is 11.9. The highest BCUT2D eigenvalue weighted by molar-refractivity contribution is 6.40. The molecule has 1 fully saturated rings. The highest BCUT2D eigenvalue weighted by Gasteiger charge is 2.20. The lowest BCUT2D eigenvalue weighted by Gasteiger charge is -2.17. The van der Waals surface area contributed by atoms with E-state index in [-0.39, 0.29) is 27.3 Å². The number of aromatic carboxylic acids is 1. The molecule has 0 aliphatic carbocycles. The van der Waals surface area contributed by atoms with Crippen molar-refractivity contribution in [3.05, 3.63) is 27.7 Å². The molecule has 1 saturated heterocycles. The minimum atomic E-state index is -1.12. The number of halogens is 2. The Bertz CT molecular complexity index is 505. The van der Waals surface area contributed by atoms with E-state index in [1.807, 2.05) is 0 Å². The molecular formula is C12H12Cl2N2O3. The van der Waals surface area contributed by atoms with Crippen LogP contribution >= 0.6 is 23.2 Å². The van der Waals surface area contributed by atoms with Crippen LogP contribution in [-0.4, -0.2) is 35.1 Å². The molecule has 5 nitrogen and oxygen atoms in total. The van der Waals surface area contributed by atoms with Gasteiger partial charge in [-0.1, -0.05) is 23.2 Å². The Hall–Kier alpha value is -1.46. The standard InChI is InChI=1S/C12H12Cl2N2O3/c13-8-5-7(11(17)18)6-9(14)10(8)15-12(19)16-3-1-2-4-16/h5-6H,1-4H2,(H,15,19)(H,17,18). The van der Waals surface area contributed by atoms with E-state index in [0.29, 0.717) is 13.1 Å². The molecule has 1 aromatic rings. The number of anilines is 1. The van der Waals surface area contributed by atoms with E-state index >= 15 is 0 Å². The molecule has 7 heteroatoms. The van der Waals surface area contributed by atoms with Crippen LogP contribution in [0.5, 0.6) is 0 Å². The van der Waals surface area contributed by atoms with Gasteiger partial charge in [0.05, 0.1) is 21.3 Å². The number of nitrogens with one attached hydrogen (secondary N) is 1. The summed E-state index contributed by atoms with van der Waals surface area (Å²) in [6, 6.07) is 2.24. The van der Waals surface area contributed by atoms with Crippen LogP contribution in [0.15, 0.2) is 12.1 Å². The molecule has 19 heavy (non-hydrogen) atoms. The number of carbonyl (C=O) groups excluding carboxylic acids is 1. The van der Waals surface area contributed by atoms with Crippen LogP contribution in [-0.2, 0) is 0 Å². The van der Waals surface area contributed by atoms with E-state index in [9.17, 15) is 9.59 Å². The molecule has 0 bridgehead atoms. The van der Waals surface area contributed by atoms with Crippen molar-refractivity contribution in [2.45, 2.75) is 12.8 Å². The van der Waals surface area contributed by atoms with Gasteiger partial charge in [-0.2, -0.15) is 0 Å². The zero-order chi connectivity index (χ0) is 14.0. The number of nitrogens with zero attached hydrogens (tertiary/aromatic N) is 1. The molecule has 2 amide bonds. The SMILES string of the molecule is O=C(O)c1cc(Cl)c(NC(=O)N2CCCC2)c(Cl)c1. The van der Waals surface area contributed by atoms with Gasteiger partial charge < -0.3 is 15.3 Å². The molecule has 0 atom stereocenters. The van der Waals surface area contributed by atoms with E-state index in [0.717, 1.165) is 12.8 Å². The van der Waals surface area contributed by atoms with Crippen molar-refractivity contribution in [3.8, 4) is 0 Å². The van der Waals surface area contributed by atoms with Gasteiger partial charge in [0.25, 0.3) is 0 Å². The molecule has 1 aliphatic rings. The van der Waals surface area contributed by atoms with Gasteiger partial charge in [-0.05, 0) is 25.0 Å². The first-order valence-corrected chi connectivity index (χ1v) is 6.53. The van der Waals surface area contributed by atoms with Crippen LogP contribution in [0.3, 0.4) is 0 Å². The van der Waals surface area contributed by atoms with Gasteiger partial charge >= 0.3 is 12.0 Å². The Morgan fingerprint density at radius 2 is 1.68 bits per heavy atom. The van der Waals surface area contributed by atoms with Crippen LogP contribution < -0.4 is 5.32 Å². The number of hydrogen-bond acceptors (Lipinski definition) is 2. The summed E-state index contributed by atoms with van der Waals surface area (Å²) >= 11 is 11.9. The molecular weight excluding hydrogens is 291 g/mol. The van der Waals surface area contributed by atoms with Crippen LogP contribution in [0.2, 0.25) is 10.0 Å². The topological polar surface area (TPSA) is 69.6 Å². The summed E-state index contributed by atoms with van der Waals surface area (Å²) in [4.78, 5) is 24.4. The lowest BCUT2D eigenvalue weighted by molar-refractivity contribution is 0.0697. The monoisotopic (exact) mass is 302 g/mol. The lowest BCUT2D eigenvalue weighted by atomic mass is 10.2. The summed E-state index contributed by atoms with van der Waals surface area (Å²) in [5, 5.41) is 11.7. The number of carboxylic acid groups (broad SMARTS) is 1. The Morgan fingerprint density at radius 1 is 1.16 bits per heavy atom. The largest absolute Gasteiger partial charge is 0.478 e. The molecule has 0 spiro atoms. The van der Waals surface area contributed by atoms with E-state index in [4.69, 9.17) is 28.3 Å². The average Bonchev–Trinajstić information content (AvgIpc) is 2.86. The Labute approximate surface area is 120 Å². The lowest BCUT2D eigenvalue weighted by Crippen LogP contribution is -2.32. The molecule has 102 valence electrons. The van der Waals surface area contributed by atoms with E-state index < -0.39 is 5.97 Å². The highest BCUT2D eigenvalue weighted by atomic mass is 35.5. The van der Waals surface area contributed by atoms with Crippen LogP contribution in [0.1, 0.15) is 23.2 Å². The van der Waals surface area contributed by atoms with Gasteiger partial charge in [0.2, 0.25) is 0 Å². The number of amides is 2. The number of carboxylic acids is 1. The second kappa shape index (κ2) is 5.67. The van der Waals surface area contributed by atoms with Crippen molar-refractivity contribution in [1.82, 2.24) is 4.90 Å². The molecule has 1 aliphatic heterocycles. The third-order valence-electron chi connectivity index (χ3n) is 2.91. The van der Waals surface area contributed by atoms with Crippen molar-refractivity contribution in [1.29, 1.82) is 0 Å². The van der Waals surface area contributed by atoms with Gasteiger partial charge in [0.1, 0.15) is 0 Å². The first kappa shape index (κ1) is 14.0. The number of likely N-dealkylation sites (tertiary alicyclic amines) is 1. The zero-order valence-corrected chi connectivity index (χ0v) is 11.5. The second-order valence-electron chi connectivity index (χ2n) is 4.24. The maximum Gasteiger partial charge on any atom is 0.335 e. The smallest absolute Gasteiger partial charge is 0.335 e. The molecule has 1 heterocycles. The van der Waals surface area contributed by atoms with E-state index in [1.54, 1.807) is 4.90 Å². The Balaban J connectivity index is 2.20. The fraction of sp³-hybridized carbons (Fsp3) is 0.333. The van der Waals surface area contributed by atoms with Crippen molar-refractivity contribution in [2.24, 2.45) is 0 Å². The summed E-state index contributed by atoms with van der Waals surface area (Å²) in [7, 11) is 0. The molecule has 2 N–H and O–H groups in total. The predicted octanol–water partition coefficient (Wildman–Crippen LogP) is 3.32. The highest BCUT2D eigenvalue weighted by Crippen LogP contribution is 2.32. The average molecular weight is 303 g/mol. The van der Waals surface area contributed by atoms with E-state index in [2.05, 4.69) is 5.32 Å². The first-order chi connectivity index (χ1) is 8.99. The third-order valence-corrected chi connectivity index (χ3v) is 3.51. The Kier molecular flexibility index (Phi) is 4.17. The van der Waals surface area contributed by atoms with E-state index in [1.165, 1.54) is 12.1 Å². The summed E-state index contributed by atoms with van der Waals surface area (Å²) in [5.41, 5.74) is 0.222. The summed E-state index contributed by atoms with van der Waals surface area (Å²) in [6.45, 7) is 1.41. The minimum Gasteiger partial charge on any atom is -0.478 e. The molecule has 0 saturated carbocycles. The minimum absolute atomic E-state index is 0.0193. The zero-order valence-electron chi connectivity index (χ0n) is 9.95. The predicted molar refractivity (Wildman–Crippen MR) is 73.2 cm³/mol. The first-order valence-electron chi connectivity index (χ1n) is 5.77. The Morgan fingerprint density at radius 3 is 2.16 bits per heavy atom. The molecule has 0 radical (unpaired) electrons. The van der Waals surface area contributed by atoms with Crippen molar-refractivity contribution < 1.29 is 14.7 Å². The van der Waals surface area contributed by atoms with Gasteiger partial charge in [0, 0.05) is 13.1 Å². The summed E-state index contributed by atoms with van der Waals surface area (Å²) in [6.07, 6.45) is 1.96. The van der Waals surface area contributed by atoms with Crippen LogP contribution in [0, 0.1) is 0 Å². The van der Waals surface area contributed by atoms with Gasteiger partial charge in [-0.3, -0.25) is 0 Å². The van der Waals surface area contributed by atoms with Crippen molar-refractivity contribution in [3.63, 3.8) is 0 Å². The number of urea groups is 1. The van der Waals surface area contributed by atoms with Crippen molar-refractivity contribution in [2.75, 3.05) is 18.4 Å². The van der Waals surface area contributed by atoms with Gasteiger partial charge in [0.15, 0.2) is 0 Å². The fourth-order valence-corrected chi connectivity index (χ4v) is 2.50. The number of carbonyl (C=O) groups is 2. The fourth-order valence-electron chi connectivity index (χ4n) is 1.92. The molecule has 0 unspecified atom stereocenters. The number of hydrogen-bond donors (Lipinski definition) is 2. The normalized spacial score (nSPS) is 14.5. The molecule has 1 aromatic carbocycles. The van der Waals surface area contributed by atoms with Gasteiger partial charge in [-0.25, -0.2) is 9.59 Å². The van der Waals surface area contributed by atoms with Crippen LogP contribution in [0.4, 0.5) is 10.5 Å². The number of rotatable bonds is 2. The maximum absolute atomic E-state index is 11.9. The van der Waals surface area contributed by atoms with Crippen LogP contribution in [0.25, 0.3) is 0 Å². The van der Waals surface area contributed by atoms with Crippen molar-refractivity contribution >= 4 is 40.9 Å². The molecule has 0 aromatic heterocycles. The summed E-state index contributed by atoms with van der Waals surface area (Å²) in [5.74, 6) is -1.12. The summed E-state index contributed by atoms with van der Waals surface area (Å²) < 4.78 is 0. The van der Waals surface area contributed by atoms with Gasteiger partial charge in [-0.15, -0.1) is 0 Å². The second-order valence-corrected chi connectivity index (χ2v) is 5.06. The quantitative estimate of drug-likeness (QED) is 0.880. The third kappa shape index (κ3) is 3.11. The number of benzene rings is 1. The molecule has 2 rings (SSSR count).